The number of likely N-dealkylation sites (N-methyl/N-ethyl adjacent to an activating group) is 1. The van der Waals surface area contributed by atoms with Gasteiger partial charge in [0.1, 0.15) is 12.4 Å². The lowest BCUT2D eigenvalue weighted by Gasteiger charge is -2.32. The Hall–Kier alpha value is -2.11. The van der Waals surface area contributed by atoms with E-state index in [-0.39, 0.29) is 29.6 Å². The zero-order valence-corrected chi connectivity index (χ0v) is 10.0. The monoisotopic (exact) mass is 251 g/mol. The van der Waals surface area contributed by atoms with E-state index in [0.717, 1.165) is 6.07 Å². The van der Waals surface area contributed by atoms with Crippen molar-refractivity contribution in [1.29, 1.82) is 0 Å². The molecule has 1 saturated heterocycles. The molecule has 2 amide bonds. The number of nitrogens with zero attached hydrogens (tertiary/aromatic N) is 2. The lowest BCUT2D eigenvalue weighted by atomic mass is 10.1. The summed E-state index contributed by atoms with van der Waals surface area (Å²) >= 11 is 0. The summed E-state index contributed by atoms with van der Waals surface area (Å²) < 4.78 is 13.3. The van der Waals surface area contributed by atoms with E-state index in [1.807, 2.05) is 0 Å². The maximum Gasteiger partial charge on any atom is 0.254 e. The molecule has 1 aliphatic rings. The van der Waals surface area contributed by atoms with Gasteiger partial charge in [-0.1, -0.05) is 0 Å². The number of anilines is 1. The standard InChI is InChI=1S/C12H14FN3O2/c1-15-4-5-16(7-11(15)17)12(18)8-2-3-10(14)9(13)6-8/h2-3,6H,4-5,7,14H2,1H3. The highest BCUT2D eigenvalue weighted by atomic mass is 19.1. The van der Waals surface area contributed by atoms with Gasteiger partial charge in [-0.2, -0.15) is 0 Å². The van der Waals surface area contributed by atoms with E-state index in [0.29, 0.717) is 13.1 Å². The van der Waals surface area contributed by atoms with Crippen LogP contribution in [0.4, 0.5) is 10.1 Å². The van der Waals surface area contributed by atoms with Gasteiger partial charge in [-0.15, -0.1) is 0 Å². The Kier molecular flexibility index (Phi) is 3.18. The Morgan fingerprint density at radius 2 is 2.11 bits per heavy atom. The largest absolute Gasteiger partial charge is 0.396 e. The van der Waals surface area contributed by atoms with Crippen LogP contribution >= 0.6 is 0 Å². The van der Waals surface area contributed by atoms with E-state index in [1.165, 1.54) is 17.0 Å². The van der Waals surface area contributed by atoms with Gasteiger partial charge in [-0.25, -0.2) is 4.39 Å². The molecule has 96 valence electrons. The van der Waals surface area contributed by atoms with Gasteiger partial charge in [0.25, 0.3) is 5.91 Å². The number of carbonyl (C=O) groups is 2. The van der Waals surface area contributed by atoms with Gasteiger partial charge in [0.2, 0.25) is 5.91 Å². The smallest absolute Gasteiger partial charge is 0.254 e. The number of hydrogen-bond acceptors (Lipinski definition) is 3. The van der Waals surface area contributed by atoms with Crippen LogP contribution < -0.4 is 5.73 Å². The molecule has 0 unspecified atom stereocenters. The van der Waals surface area contributed by atoms with Crippen LogP contribution in [0.1, 0.15) is 10.4 Å². The predicted molar refractivity (Wildman–Crippen MR) is 64.4 cm³/mol. The van der Waals surface area contributed by atoms with Crippen molar-refractivity contribution in [3.8, 4) is 0 Å². The van der Waals surface area contributed by atoms with Gasteiger partial charge in [0.05, 0.1) is 5.69 Å². The number of hydrogen-bond donors (Lipinski definition) is 1. The number of rotatable bonds is 1. The molecule has 2 N–H and O–H groups in total. The molecule has 0 saturated carbocycles. The highest BCUT2D eigenvalue weighted by Crippen LogP contribution is 2.14. The van der Waals surface area contributed by atoms with Gasteiger partial charge < -0.3 is 15.5 Å². The number of nitrogens with two attached hydrogens (primary N) is 1. The average Bonchev–Trinajstić information content (AvgIpc) is 2.35. The molecule has 0 radical (unpaired) electrons. The van der Waals surface area contributed by atoms with Crippen molar-refractivity contribution in [2.45, 2.75) is 0 Å². The van der Waals surface area contributed by atoms with Crippen LogP contribution in [-0.4, -0.2) is 48.3 Å². The van der Waals surface area contributed by atoms with Crippen LogP contribution in [0.5, 0.6) is 0 Å². The third-order valence-electron chi connectivity index (χ3n) is 2.99. The molecule has 0 atom stereocenters. The summed E-state index contributed by atoms with van der Waals surface area (Å²) in [5.41, 5.74) is 5.56. The molecule has 6 heteroatoms. The van der Waals surface area contributed by atoms with Crippen LogP contribution in [0.3, 0.4) is 0 Å². The Balaban J connectivity index is 2.16. The molecule has 1 aromatic carbocycles. The topological polar surface area (TPSA) is 66.6 Å². The fourth-order valence-corrected chi connectivity index (χ4v) is 1.77. The van der Waals surface area contributed by atoms with Crippen molar-refractivity contribution < 1.29 is 14.0 Å². The van der Waals surface area contributed by atoms with Crippen molar-refractivity contribution in [3.05, 3.63) is 29.6 Å². The second kappa shape index (κ2) is 4.64. The molecule has 0 aromatic heterocycles. The first-order valence-corrected chi connectivity index (χ1v) is 5.57. The van der Waals surface area contributed by atoms with E-state index in [2.05, 4.69) is 0 Å². The summed E-state index contributed by atoms with van der Waals surface area (Å²) in [6.45, 7) is 0.969. The lowest BCUT2D eigenvalue weighted by molar-refractivity contribution is -0.133. The Labute approximate surface area is 104 Å². The van der Waals surface area contributed by atoms with E-state index >= 15 is 0 Å². The van der Waals surface area contributed by atoms with Gasteiger partial charge >= 0.3 is 0 Å². The number of nitrogen functional groups attached to an aromatic ring is 1. The number of amides is 2. The molecular weight excluding hydrogens is 237 g/mol. The molecule has 2 rings (SSSR count). The summed E-state index contributed by atoms with van der Waals surface area (Å²) in [5, 5.41) is 0. The van der Waals surface area contributed by atoms with Crippen molar-refractivity contribution in [1.82, 2.24) is 9.80 Å². The van der Waals surface area contributed by atoms with Gasteiger partial charge in [0.15, 0.2) is 0 Å². The van der Waals surface area contributed by atoms with E-state index in [1.54, 1.807) is 11.9 Å². The third-order valence-corrected chi connectivity index (χ3v) is 2.99. The molecule has 1 heterocycles. The van der Waals surface area contributed by atoms with Crippen molar-refractivity contribution in [2.75, 3.05) is 32.4 Å². The fraction of sp³-hybridized carbons (Fsp3) is 0.333. The van der Waals surface area contributed by atoms with Crippen LogP contribution in [0.2, 0.25) is 0 Å². The number of halogens is 1. The Morgan fingerprint density at radius 3 is 2.72 bits per heavy atom. The number of benzene rings is 1. The minimum Gasteiger partial charge on any atom is -0.396 e. The molecule has 0 aliphatic carbocycles. The molecule has 1 fully saturated rings. The van der Waals surface area contributed by atoms with Crippen molar-refractivity contribution >= 4 is 17.5 Å². The number of piperazine rings is 1. The minimum absolute atomic E-state index is 0.000930. The summed E-state index contributed by atoms with van der Waals surface area (Å²) in [6.07, 6.45) is 0. The second-order valence-electron chi connectivity index (χ2n) is 4.28. The first-order chi connectivity index (χ1) is 8.49. The summed E-state index contributed by atoms with van der Waals surface area (Å²) in [6, 6.07) is 3.91. The SMILES string of the molecule is CN1CCN(C(=O)c2ccc(N)c(F)c2)CC1=O. The molecule has 1 aliphatic heterocycles. The van der Waals surface area contributed by atoms with Gasteiger partial charge in [-0.3, -0.25) is 9.59 Å². The maximum absolute atomic E-state index is 13.3. The fourth-order valence-electron chi connectivity index (χ4n) is 1.77. The number of carbonyl (C=O) groups excluding carboxylic acids is 2. The van der Waals surface area contributed by atoms with E-state index < -0.39 is 5.82 Å². The van der Waals surface area contributed by atoms with E-state index in [9.17, 15) is 14.0 Å². The molecule has 1 aromatic rings. The van der Waals surface area contributed by atoms with Crippen LogP contribution in [-0.2, 0) is 4.79 Å². The lowest BCUT2D eigenvalue weighted by Crippen LogP contribution is -2.50. The van der Waals surface area contributed by atoms with Crippen molar-refractivity contribution in [3.63, 3.8) is 0 Å². The minimum atomic E-state index is -0.624. The first kappa shape index (κ1) is 12.3. The normalized spacial score (nSPS) is 16.0. The zero-order valence-electron chi connectivity index (χ0n) is 10.0. The first-order valence-electron chi connectivity index (χ1n) is 5.57. The summed E-state index contributed by atoms with van der Waals surface area (Å²) in [5.74, 6) is -1.10. The van der Waals surface area contributed by atoms with E-state index in [4.69, 9.17) is 5.73 Å². The Bertz CT molecular complexity index is 504. The highest BCUT2D eigenvalue weighted by molar-refractivity contribution is 5.97. The molecule has 0 bridgehead atoms. The highest BCUT2D eigenvalue weighted by Gasteiger charge is 2.25. The summed E-state index contributed by atoms with van der Waals surface area (Å²) in [4.78, 5) is 26.5. The molecular formula is C12H14FN3O2. The second-order valence-corrected chi connectivity index (χ2v) is 4.28. The molecule has 5 nitrogen and oxygen atoms in total. The zero-order chi connectivity index (χ0) is 13.3. The molecule has 0 spiro atoms. The third kappa shape index (κ3) is 2.27. The average molecular weight is 251 g/mol. The maximum atomic E-state index is 13.3. The van der Waals surface area contributed by atoms with Crippen LogP contribution in [0.15, 0.2) is 18.2 Å². The Morgan fingerprint density at radius 1 is 1.39 bits per heavy atom. The summed E-state index contributed by atoms with van der Waals surface area (Å²) in [7, 11) is 1.69. The van der Waals surface area contributed by atoms with Crippen LogP contribution in [0.25, 0.3) is 0 Å². The van der Waals surface area contributed by atoms with Crippen LogP contribution in [0, 0.1) is 5.82 Å². The van der Waals surface area contributed by atoms with Gasteiger partial charge in [0, 0.05) is 25.7 Å². The molecule has 18 heavy (non-hydrogen) atoms. The quantitative estimate of drug-likeness (QED) is 0.731. The van der Waals surface area contributed by atoms with Gasteiger partial charge in [-0.05, 0) is 18.2 Å². The van der Waals surface area contributed by atoms with Crippen molar-refractivity contribution in [2.24, 2.45) is 0 Å². The predicted octanol–water partition coefficient (Wildman–Crippen LogP) is 0.322.